The SMILES string of the molecule is C[C@]1(CO)C[C@@H](O)C[C@]2(C)[C@@H]1CC[C@@]13C[C@@H](CC[C@H]12)[C@](C)(O)C3. The molecule has 0 aliphatic heterocycles. The number of aliphatic hydroxyl groups excluding tert-OH is 2. The zero-order valence-electron chi connectivity index (χ0n) is 15.0. The molecular formula is C20H34O3. The van der Waals surface area contributed by atoms with E-state index < -0.39 is 5.60 Å². The Bertz CT molecular complexity index is 503. The Morgan fingerprint density at radius 2 is 1.70 bits per heavy atom. The summed E-state index contributed by atoms with van der Waals surface area (Å²) in [5.74, 6) is 1.57. The molecule has 23 heavy (non-hydrogen) atoms. The molecule has 0 heterocycles. The first-order valence-corrected chi connectivity index (χ1v) is 9.67. The van der Waals surface area contributed by atoms with Crippen molar-refractivity contribution in [2.75, 3.05) is 6.61 Å². The third-order valence-corrected chi connectivity index (χ3v) is 8.89. The summed E-state index contributed by atoms with van der Waals surface area (Å²) in [5, 5.41) is 31.5. The van der Waals surface area contributed by atoms with Gasteiger partial charge in [0.25, 0.3) is 0 Å². The van der Waals surface area contributed by atoms with Gasteiger partial charge in [0.2, 0.25) is 0 Å². The number of hydrogen-bond acceptors (Lipinski definition) is 3. The van der Waals surface area contributed by atoms with Crippen LogP contribution in [0, 0.1) is 34.0 Å². The molecule has 0 amide bonds. The topological polar surface area (TPSA) is 60.7 Å². The van der Waals surface area contributed by atoms with Crippen molar-refractivity contribution in [1.29, 1.82) is 0 Å². The van der Waals surface area contributed by atoms with Crippen molar-refractivity contribution in [3.63, 3.8) is 0 Å². The van der Waals surface area contributed by atoms with Crippen LogP contribution in [-0.2, 0) is 0 Å². The summed E-state index contributed by atoms with van der Waals surface area (Å²) in [6.07, 6.45) is 8.15. The van der Waals surface area contributed by atoms with Gasteiger partial charge in [0.1, 0.15) is 0 Å². The van der Waals surface area contributed by atoms with Crippen molar-refractivity contribution in [3.05, 3.63) is 0 Å². The van der Waals surface area contributed by atoms with Crippen molar-refractivity contribution in [1.82, 2.24) is 0 Å². The monoisotopic (exact) mass is 322 g/mol. The van der Waals surface area contributed by atoms with Gasteiger partial charge in [-0.3, -0.25) is 0 Å². The van der Waals surface area contributed by atoms with Crippen LogP contribution in [-0.4, -0.2) is 33.6 Å². The molecule has 132 valence electrons. The molecule has 4 saturated carbocycles. The lowest BCUT2D eigenvalue weighted by Crippen LogP contribution is -2.59. The van der Waals surface area contributed by atoms with Crippen LogP contribution in [0.4, 0.5) is 0 Å². The fourth-order valence-corrected chi connectivity index (χ4v) is 8.25. The van der Waals surface area contributed by atoms with Crippen LogP contribution in [0.3, 0.4) is 0 Å². The third kappa shape index (κ3) is 2.05. The van der Waals surface area contributed by atoms with Crippen molar-refractivity contribution in [3.8, 4) is 0 Å². The Kier molecular flexibility index (Phi) is 3.37. The van der Waals surface area contributed by atoms with E-state index in [0.29, 0.717) is 17.8 Å². The molecular weight excluding hydrogens is 288 g/mol. The lowest BCUT2D eigenvalue weighted by atomic mass is 9.40. The number of aliphatic hydroxyl groups is 3. The minimum absolute atomic E-state index is 0.110. The predicted octanol–water partition coefficient (Wildman–Crippen LogP) is 3.11. The lowest BCUT2D eigenvalue weighted by molar-refractivity contribution is -0.185. The zero-order valence-corrected chi connectivity index (χ0v) is 15.0. The molecule has 3 N–H and O–H groups in total. The van der Waals surface area contributed by atoms with Crippen LogP contribution < -0.4 is 0 Å². The average Bonchev–Trinajstić information content (AvgIpc) is 2.62. The Labute approximate surface area is 140 Å². The summed E-state index contributed by atoms with van der Waals surface area (Å²) in [6.45, 7) is 6.82. The zero-order chi connectivity index (χ0) is 16.7. The quantitative estimate of drug-likeness (QED) is 0.695. The minimum atomic E-state index is -0.495. The maximum Gasteiger partial charge on any atom is 0.0653 e. The van der Waals surface area contributed by atoms with E-state index >= 15 is 0 Å². The van der Waals surface area contributed by atoms with Gasteiger partial charge in [-0.15, -0.1) is 0 Å². The first kappa shape index (κ1) is 16.4. The maximum atomic E-state index is 10.9. The Hall–Kier alpha value is -0.120. The molecule has 0 aromatic carbocycles. The van der Waals surface area contributed by atoms with Crippen LogP contribution in [0.15, 0.2) is 0 Å². The first-order valence-electron chi connectivity index (χ1n) is 9.67. The van der Waals surface area contributed by atoms with E-state index in [-0.39, 0.29) is 29.0 Å². The summed E-state index contributed by atoms with van der Waals surface area (Å²) < 4.78 is 0. The maximum absolute atomic E-state index is 10.9. The largest absolute Gasteiger partial charge is 0.396 e. The van der Waals surface area contributed by atoms with Crippen LogP contribution >= 0.6 is 0 Å². The smallest absolute Gasteiger partial charge is 0.0653 e. The summed E-state index contributed by atoms with van der Waals surface area (Å²) >= 11 is 0. The van der Waals surface area contributed by atoms with Gasteiger partial charge in [0, 0.05) is 6.61 Å². The van der Waals surface area contributed by atoms with E-state index in [2.05, 4.69) is 20.8 Å². The van der Waals surface area contributed by atoms with E-state index in [1.165, 1.54) is 19.3 Å². The standard InChI is InChI=1S/C20H34O3/c1-17(12-21)9-14(22)10-18(2)15(17)6-7-20-8-13(4-5-16(18)20)19(3,23)11-20/h13-16,21-23H,4-12H2,1-3H3/t13-,14-,15-,16+,17-,18-,19-,20+/m1/s1. The molecule has 0 saturated heterocycles. The molecule has 0 radical (unpaired) electrons. The Morgan fingerprint density at radius 3 is 2.39 bits per heavy atom. The second-order valence-corrected chi connectivity index (χ2v) is 10.4. The van der Waals surface area contributed by atoms with Crippen LogP contribution in [0.25, 0.3) is 0 Å². The normalized spacial score (nSPS) is 61.8. The van der Waals surface area contributed by atoms with Gasteiger partial charge in [0.15, 0.2) is 0 Å². The van der Waals surface area contributed by atoms with Crippen molar-refractivity contribution < 1.29 is 15.3 Å². The van der Waals surface area contributed by atoms with Gasteiger partial charge in [-0.1, -0.05) is 13.8 Å². The van der Waals surface area contributed by atoms with Crippen molar-refractivity contribution in [2.24, 2.45) is 34.0 Å². The van der Waals surface area contributed by atoms with Crippen LogP contribution in [0.2, 0.25) is 0 Å². The molecule has 1 spiro atoms. The summed E-state index contributed by atoms with van der Waals surface area (Å²) in [4.78, 5) is 0. The molecule has 4 aliphatic rings. The molecule has 4 fully saturated rings. The number of rotatable bonds is 1. The molecule has 0 unspecified atom stereocenters. The third-order valence-electron chi connectivity index (χ3n) is 8.89. The molecule has 4 aliphatic carbocycles. The highest BCUT2D eigenvalue weighted by Gasteiger charge is 2.67. The van der Waals surface area contributed by atoms with Gasteiger partial charge < -0.3 is 15.3 Å². The van der Waals surface area contributed by atoms with Crippen LogP contribution in [0.5, 0.6) is 0 Å². The predicted molar refractivity (Wildman–Crippen MR) is 89.8 cm³/mol. The highest BCUT2D eigenvalue weighted by Crippen LogP contribution is 2.72. The summed E-state index contributed by atoms with van der Waals surface area (Å²) in [6, 6.07) is 0. The van der Waals surface area contributed by atoms with E-state index in [1.54, 1.807) is 0 Å². The molecule has 3 nitrogen and oxygen atoms in total. The van der Waals surface area contributed by atoms with E-state index in [4.69, 9.17) is 0 Å². The first-order chi connectivity index (χ1) is 10.7. The Morgan fingerprint density at radius 1 is 0.957 bits per heavy atom. The minimum Gasteiger partial charge on any atom is -0.396 e. The summed E-state index contributed by atoms with van der Waals surface area (Å²) in [5.41, 5.74) is -0.249. The molecule has 3 heteroatoms. The average molecular weight is 322 g/mol. The van der Waals surface area contributed by atoms with Crippen LogP contribution in [0.1, 0.15) is 72.1 Å². The van der Waals surface area contributed by atoms with E-state index in [0.717, 1.165) is 32.1 Å². The molecule has 4 rings (SSSR count). The van der Waals surface area contributed by atoms with Gasteiger partial charge in [-0.05, 0) is 92.3 Å². The van der Waals surface area contributed by atoms with E-state index in [9.17, 15) is 15.3 Å². The van der Waals surface area contributed by atoms with Crippen molar-refractivity contribution in [2.45, 2.75) is 83.8 Å². The number of fused-ring (bicyclic) bond motifs is 3. The fourth-order valence-electron chi connectivity index (χ4n) is 8.25. The van der Waals surface area contributed by atoms with Gasteiger partial charge >= 0.3 is 0 Å². The van der Waals surface area contributed by atoms with Gasteiger partial charge in [-0.2, -0.15) is 0 Å². The molecule has 8 atom stereocenters. The second-order valence-electron chi connectivity index (χ2n) is 10.4. The molecule has 0 aromatic rings. The number of hydrogen-bond donors (Lipinski definition) is 3. The molecule has 2 bridgehead atoms. The van der Waals surface area contributed by atoms with Gasteiger partial charge in [0.05, 0.1) is 11.7 Å². The molecule has 0 aromatic heterocycles. The highest BCUT2D eigenvalue weighted by molar-refractivity contribution is 5.16. The summed E-state index contributed by atoms with van der Waals surface area (Å²) in [7, 11) is 0. The van der Waals surface area contributed by atoms with E-state index in [1.807, 2.05) is 0 Å². The van der Waals surface area contributed by atoms with Crippen molar-refractivity contribution >= 4 is 0 Å². The fraction of sp³-hybridized carbons (Fsp3) is 1.00. The van der Waals surface area contributed by atoms with Gasteiger partial charge in [-0.25, -0.2) is 0 Å². The Balaban J connectivity index is 1.74. The lowest BCUT2D eigenvalue weighted by Gasteiger charge is -2.64. The second kappa shape index (κ2) is 4.74. The highest BCUT2D eigenvalue weighted by atomic mass is 16.3.